The van der Waals surface area contributed by atoms with Gasteiger partial charge in [-0.1, -0.05) is 56.6 Å². The van der Waals surface area contributed by atoms with Gasteiger partial charge in [-0.25, -0.2) is 0 Å². The maximum atomic E-state index is 13.6. The van der Waals surface area contributed by atoms with Crippen molar-refractivity contribution in [2.45, 2.75) is 59.5 Å². The first-order valence-electron chi connectivity index (χ1n) is 12.6. The number of ketones is 1. The van der Waals surface area contributed by atoms with Crippen LogP contribution in [0.5, 0.6) is 5.75 Å². The number of methoxy groups -OCH3 is 1. The van der Waals surface area contributed by atoms with Gasteiger partial charge < -0.3 is 25.7 Å². The highest BCUT2D eigenvalue weighted by molar-refractivity contribution is 6.30. The van der Waals surface area contributed by atoms with E-state index in [0.717, 1.165) is 34.4 Å². The third-order valence-electron chi connectivity index (χ3n) is 6.35. The number of carbonyl (C=O) groups is 1. The van der Waals surface area contributed by atoms with Gasteiger partial charge in [0.25, 0.3) is 0 Å². The molecule has 0 aliphatic carbocycles. The van der Waals surface area contributed by atoms with E-state index in [4.69, 9.17) is 37.3 Å². The van der Waals surface area contributed by atoms with E-state index in [9.17, 15) is 4.79 Å². The fourth-order valence-corrected chi connectivity index (χ4v) is 4.24. The van der Waals surface area contributed by atoms with Gasteiger partial charge in [0.05, 0.1) is 31.3 Å². The van der Waals surface area contributed by atoms with Crippen molar-refractivity contribution < 1.29 is 19.4 Å². The number of hydrogen-bond donors (Lipinski definition) is 3. The van der Waals surface area contributed by atoms with Crippen LogP contribution in [0.1, 0.15) is 69.2 Å². The molecule has 3 rings (SSSR count). The highest BCUT2D eigenvalue weighted by Crippen LogP contribution is 2.35. The van der Waals surface area contributed by atoms with Crippen LogP contribution in [-0.4, -0.2) is 36.9 Å². The lowest BCUT2D eigenvalue weighted by Gasteiger charge is -2.26. The summed E-state index contributed by atoms with van der Waals surface area (Å²) in [6.45, 7) is 10.1. The molecule has 0 saturated carbocycles. The monoisotopic (exact) mass is 526 g/mol. The summed E-state index contributed by atoms with van der Waals surface area (Å²) in [4.78, 5) is 13.6. The van der Waals surface area contributed by atoms with Crippen molar-refractivity contribution in [2.75, 3.05) is 13.7 Å². The zero-order chi connectivity index (χ0) is 27.7. The largest absolute Gasteiger partial charge is 0.493 e. The SMILES string of the molecule is C/C=C(/C(=O)C1COc2ccc(Cl)cc2C1)c1ccc(/C(C=N)=C(/N)OC)cc1C(C)C.CCC(C)O. The van der Waals surface area contributed by atoms with Gasteiger partial charge >= 0.3 is 0 Å². The molecular weight excluding hydrogens is 488 g/mol. The number of hydrogen-bond acceptors (Lipinski definition) is 6. The summed E-state index contributed by atoms with van der Waals surface area (Å²) < 4.78 is 11.0. The van der Waals surface area contributed by atoms with Crippen LogP contribution in [-0.2, 0) is 16.0 Å². The summed E-state index contributed by atoms with van der Waals surface area (Å²) in [5.41, 5.74) is 10.7. The average Bonchev–Trinajstić information content (AvgIpc) is 2.89. The van der Waals surface area contributed by atoms with Crippen LogP contribution in [0.25, 0.3) is 11.1 Å². The number of halogens is 1. The molecule has 0 aromatic heterocycles. The summed E-state index contributed by atoms with van der Waals surface area (Å²) in [6, 6.07) is 11.3. The van der Waals surface area contributed by atoms with Gasteiger partial charge in [0, 0.05) is 16.8 Å². The normalized spacial score (nSPS) is 16.5. The summed E-state index contributed by atoms with van der Waals surface area (Å²) in [5, 5.41) is 16.7. The van der Waals surface area contributed by atoms with Gasteiger partial charge in [-0.2, -0.15) is 0 Å². The number of aliphatic hydroxyl groups excluding tert-OH is 1. The zero-order valence-electron chi connectivity index (χ0n) is 22.6. The van der Waals surface area contributed by atoms with E-state index in [1.165, 1.54) is 13.3 Å². The molecule has 7 heteroatoms. The second-order valence-corrected chi connectivity index (χ2v) is 9.81. The van der Waals surface area contributed by atoms with E-state index >= 15 is 0 Å². The molecule has 2 unspecified atom stereocenters. The minimum atomic E-state index is -0.284. The van der Waals surface area contributed by atoms with Crippen molar-refractivity contribution in [1.29, 1.82) is 5.41 Å². The Morgan fingerprint density at radius 2 is 1.95 bits per heavy atom. The van der Waals surface area contributed by atoms with Crippen molar-refractivity contribution >= 4 is 34.7 Å². The van der Waals surface area contributed by atoms with E-state index in [-0.39, 0.29) is 29.6 Å². The van der Waals surface area contributed by atoms with E-state index in [1.807, 2.05) is 50.3 Å². The Morgan fingerprint density at radius 3 is 2.49 bits per heavy atom. The molecule has 2 aromatic carbocycles. The number of aliphatic hydroxyl groups is 1. The third-order valence-corrected chi connectivity index (χ3v) is 6.58. The molecule has 1 aliphatic rings. The molecule has 0 spiro atoms. The van der Waals surface area contributed by atoms with Crippen LogP contribution < -0.4 is 10.5 Å². The first-order valence-corrected chi connectivity index (χ1v) is 12.9. The van der Waals surface area contributed by atoms with Crippen LogP contribution in [0.3, 0.4) is 0 Å². The van der Waals surface area contributed by atoms with Crippen molar-refractivity contribution in [1.82, 2.24) is 0 Å². The summed E-state index contributed by atoms with van der Waals surface area (Å²) in [7, 11) is 1.48. The molecule has 37 heavy (non-hydrogen) atoms. The van der Waals surface area contributed by atoms with Gasteiger partial charge in [-0.05, 0) is 73.1 Å². The molecular formula is C30H39ClN2O4. The Balaban J connectivity index is 0.000000877. The Bertz CT molecular complexity index is 1170. The summed E-state index contributed by atoms with van der Waals surface area (Å²) in [6.07, 6.45) is 4.39. The molecule has 4 N–H and O–H groups in total. The second kappa shape index (κ2) is 14.0. The number of nitrogens with one attached hydrogen (secondary N) is 1. The van der Waals surface area contributed by atoms with Crippen LogP contribution >= 0.6 is 11.6 Å². The molecule has 2 aromatic rings. The molecule has 2 atom stereocenters. The topological polar surface area (TPSA) is 106 Å². The lowest BCUT2D eigenvalue weighted by Crippen LogP contribution is -2.29. The molecule has 0 bridgehead atoms. The zero-order valence-corrected chi connectivity index (χ0v) is 23.4. The van der Waals surface area contributed by atoms with Crippen molar-refractivity contribution in [3.63, 3.8) is 0 Å². The van der Waals surface area contributed by atoms with E-state index < -0.39 is 0 Å². The molecule has 200 valence electrons. The maximum Gasteiger partial charge on any atom is 0.193 e. The lowest BCUT2D eigenvalue weighted by atomic mass is 9.83. The van der Waals surface area contributed by atoms with Crippen LogP contribution in [0.15, 0.2) is 48.4 Å². The number of carbonyl (C=O) groups excluding carboxylic acids is 1. The molecule has 0 saturated heterocycles. The van der Waals surface area contributed by atoms with Gasteiger partial charge in [0.2, 0.25) is 0 Å². The first-order chi connectivity index (χ1) is 17.6. The van der Waals surface area contributed by atoms with E-state index in [2.05, 4.69) is 13.8 Å². The number of allylic oxidation sites excluding steroid dienone is 3. The smallest absolute Gasteiger partial charge is 0.193 e. The van der Waals surface area contributed by atoms with Crippen molar-refractivity contribution in [2.24, 2.45) is 11.7 Å². The van der Waals surface area contributed by atoms with Crippen LogP contribution in [0.4, 0.5) is 0 Å². The van der Waals surface area contributed by atoms with Crippen LogP contribution in [0.2, 0.25) is 5.02 Å². The van der Waals surface area contributed by atoms with Gasteiger partial charge in [-0.15, -0.1) is 0 Å². The highest BCUT2D eigenvalue weighted by atomic mass is 35.5. The van der Waals surface area contributed by atoms with E-state index in [1.54, 1.807) is 13.0 Å². The van der Waals surface area contributed by atoms with Gasteiger partial charge in [0.1, 0.15) is 5.75 Å². The maximum absolute atomic E-state index is 13.6. The Hall–Kier alpha value is -3.09. The molecule has 6 nitrogen and oxygen atoms in total. The summed E-state index contributed by atoms with van der Waals surface area (Å²) in [5.74, 6) is 0.890. The quantitative estimate of drug-likeness (QED) is 0.210. The van der Waals surface area contributed by atoms with Crippen molar-refractivity contribution in [3.8, 4) is 5.75 Å². The first kappa shape index (κ1) is 30.1. The Morgan fingerprint density at radius 1 is 1.27 bits per heavy atom. The molecule has 1 heterocycles. The second-order valence-electron chi connectivity index (χ2n) is 9.37. The van der Waals surface area contributed by atoms with E-state index in [0.29, 0.717) is 29.2 Å². The standard InChI is InChI=1S/C26H29ClN2O3.C4H10O/c1-5-20(25(30)18-10-17-11-19(27)7-9-24(17)32-14-18)21-8-6-16(12-22(21)15(2)3)23(13-28)26(29)31-4;1-3-4(2)5/h5-9,11-13,15,18,28H,10,14,29H2,1-4H3;4-5H,3H2,1-2H3/b20-5+,26-23-,28-13?;. The van der Waals surface area contributed by atoms with Crippen molar-refractivity contribution in [3.05, 3.63) is 75.6 Å². The predicted molar refractivity (Wildman–Crippen MR) is 152 cm³/mol. The minimum Gasteiger partial charge on any atom is -0.493 e. The number of Topliss-reactive ketones (excluding diaryl/α,β-unsaturated/α-hetero) is 1. The number of rotatable bonds is 8. The highest BCUT2D eigenvalue weighted by Gasteiger charge is 2.29. The fourth-order valence-electron chi connectivity index (χ4n) is 4.04. The number of benzene rings is 2. The van der Waals surface area contributed by atoms with Gasteiger partial charge in [0.15, 0.2) is 11.7 Å². The summed E-state index contributed by atoms with van der Waals surface area (Å²) >= 11 is 6.14. The van der Waals surface area contributed by atoms with Crippen LogP contribution in [0, 0.1) is 11.3 Å². The minimum absolute atomic E-state index is 0.0481. The molecule has 0 amide bonds. The predicted octanol–water partition coefficient (Wildman–Crippen LogP) is 6.39. The number of fused-ring (bicyclic) bond motifs is 1. The lowest BCUT2D eigenvalue weighted by molar-refractivity contribution is -0.118. The molecule has 0 fully saturated rings. The molecule has 1 aliphatic heterocycles. The molecule has 0 radical (unpaired) electrons. The number of nitrogens with two attached hydrogens (primary N) is 1. The average molecular weight is 527 g/mol. The fraction of sp³-hybridized carbons (Fsp3) is 0.400. The Kier molecular flexibility index (Phi) is 11.4. The Labute approximate surface area is 225 Å². The number of ether oxygens (including phenoxy) is 2. The third kappa shape index (κ3) is 7.70. The van der Waals surface area contributed by atoms with Gasteiger partial charge in [-0.3, -0.25) is 4.79 Å².